The average Bonchev–Trinajstić information content (AvgIpc) is 2.17. The third-order valence-electron chi connectivity index (χ3n) is 1.99. The first kappa shape index (κ1) is 11.9. The Bertz CT molecular complexity index is 307. The molecule has 4 N–H and O–H groups in total. The zero-order valence-electron chi connectivity index (χ0n) is 8.20. The number of hydrogen-bond acceptors (Lipinski definition) is 3. The van der Waals surface area contributed by atoms with E-state index in [0.717, 1.165) is 5.56 Å². The standard InChI is InChI=1S/C10H14F2N2O/c11-10(12)15-8-3-1-2-7(6-8)9(14)4-5-13/h1-3,6,9-10H,4-5,13-14H2/t9-/m1/s1. The summed E-state index contributed by atoms with van der Waals surface area (Å²) in [5, 5.41) is 0. The van der Waals surface area contributed by atoms with Crippen molar-refractivity contribution in [2.24, 2.45) is 11.5 Å². The molecule has 0 spiro atoms. The van der Waals surface area contributed by atoms with E-state index in [9.17, 15) is 8.78 Å². The highest BCUT2D eigenvalue weighted by Crippen LogP contribution is 2.20. The number of nitrogens with two attached hydrogens (primary N) is 2. The van der Waals surface area contributed by atoms with Gasteiger partial charge < -0.3 is 16.2 Å². The van der Waals surface area contributed by atoms with Gasteiger partial charge in [-0.2, -0.15) is 8.78 Å². The van der Waals surface area contributed by atoms with Gasteiger partial charge in [-0.3, -0.25) is 0 Å². The fourth-order valence-electron chi connectivity index (χ4n) is 1.27. The van der Waals surface area contributed by atoms with Crippen LogP contribution in [0.5, 0.6) is 5.75 Å². The second-order valence-electron chi connectivity index (χ2n) is 3.13. The van der Waals surface area contributed by atoms with Crippen molar-refractivity contribution >= 4 is 0 Å². The van der Waals surface area contributed by atoms with Crippen molar-refractivity contribution in [3.63, 3.8) is 0 Å². The third-order valence-corrected chi connectivity index (χ3v) is 1.99. The van der Waals surface area contributed by atoms with Crippen LogP contribution in [0, 0.1) is 0 Å². The monoisotopic (exact) mass is 216 g/mol. The molecule has 84 valence electrons. The fourth-order valence-corrected chi connectivity index (χ4v) is 1.27. The summed E-state index contributed by atoms with van der Waals surface area (Å²) < 4.78 is 28.1. The molecule has 1 aromatic carbocycles. The molecule has 1 rings (SSSR count). The molecule has 3 nitrogen and oxygen atoms in total. The van der Waals surface area contributed by atoms with Crippen LogP contribution in [0.1, 0.15) is 18.0 Å². The second kappa shape index (κ2) is 5.63. The van der Waals surface area contributed by atoms with Crippen LogP contribution in [0.3, 0.4) is 0 Å². The quantitative estimate of drug-likeness (QED) is 0.786. The van der Waals surface area contributed by atoms with E-state index in [1.165, 1.54) is 12.1 Å². The molecule has 0 radical (unpaired) electrons. The molecular formula is C10H14F2N2O. The second-order valence-corrected chi connectivity index (χ2v) is 3.13. The normalized spacial score (nSPS) is 12.9. The van der Waals surface area contributed by atoms with Gasteiger partial charge in [-0.25, -0.2) is 0 Å². The molecule has 0 aliphatic rings. The minimum atomic E-state index is -2.81. The SMILES string of the molecule is NCC[C@@H](N)c1cccc(OC(F)F)c1. The van der Waals surface area contributed by atoms with E-state index in [0.29, 0.717) is 13.0 Å². The van der Waals surface area contributed by atoms with Crippen LogP contribution >= 0.6 is 0 Å². The number of benzene rings is 1. The summed E-state index contributed by atoms with van der Waals surface area (Å²) in [6, 6.07) is 6.12. The molecule has 0 saturated carbocycles. The summed E-state index contributed by atoms with van der Waals surface area (Å²) in [7, 11) is 0. The maximum absolute atomic E-state index is 11.9. The molecule has 1 aromatic rings. The lowest BCUT2D eigenvalue weighted by Crippen LogP contribution is -2.15. The maximum Gasteiger partial charge on any atom is 0.387 e. The molecule has 0 aromatic heterocycles. The highest BCUT2D eigenvalue weighted by atomic mass is 19.3. The highest BCUT2D eigenvalue weighted by molar-refractivity contribution is 5.30. The van der Waals surface area contributed by atoms with Gasteiger partial charge in [-0.05, 0) is 30.7 Å². The van der Waals surface area contributed by atoms with Gasteiger partial charge in [0.15, 0.2) is 0 Å². The van der Waals surface area contributed by atoms with Crippen LogP contribution in [0.2, 0.25) is 0 Å². The number of alkyl halides is 2. The van der Waals surface area contributed by atoms with E-state index in [4.69, 9.17) is 11.5 Å². The molecule has 0 bridgehead atoms. The van der Waals surface area contributed by atoms with Crippen molar-refractivity contribution < 1.29 is 13.5 Å². The molecule has 0 fully saturated rings. The predicted octanol–water partition coefficient (Wildman–Crippen LogP) is 1.64. The number of halogens is 2. The van der Waals surface area contributed by atoms with E-state index in [1.807, 2.05) is 0 Å². The number of ether oxygens (including phenoxy) is 1. The van der Waals surface area contributed by atoms with Crippen LogP contribution in [0.15, 0.2) is 24.3 Å². The topological polar surface area (TPSA) is 61.3 Å². The van der Waals surface area contributed by atoms with Crippen LogP contribution in [0.4, 0.5) is 8.78 Å². The van der Waals surface area contributed by atoms with Gasteiger partial charge in [0.05, 0.1) is 0 Å². The van der Waals surface area contributed by atoms with E-state index in [1.54, 1.807) is 12.1 Å². The molecule has 0 heterocycles. The molecule has 5 heteroatoms. The average molecular weight is 216 g/mol. The fraction of sp³-hybridized carbons (Fsp3) is 0.400. The van der Waals surface area contributed by atoms with E-state index < -0.39 is 6.61 Å². The number of rotatable bonds is 5. The van der Waals surface area contributed by atoms with E-state index in [2.05, 4.69) is 4.74 Å². The Morgan fingerprint density at radius 1 is 1.33 bits per heavy atom. The zero-order chi connectivity index (χ0) is 11.3. The largest absolute Gasteiger partial charge is 0.435 e. The Hall–Kier alpha value is -1.20. The zero-order valence-corrected chi connectivity index (χ0v) is 8.20. The van der Waals surface area contributed by atoms with Crippen molar-refractivity contribution in [3.05, 3.63) is 29.8 Å². The third kappa shape index (κ3) is 3.81. The van der Waals surface area contributed by atoms with Gasteiger partial charge in [0.1, 0.15) is 5.75 Å². The first-order valence-electron chi connectivity index (χ1n) is 4.64. The Morgan fingerprint density at radius 2 is 2.07 bits per heavy atom. The minimum absolute atomic E-state index is 0.120. The lowest BCUT2D eigenvalue weighted by Gasteiger charge is -2.12. The Kier molecular flexibility index (Phi) is 4.45. The van der Waals surface area contributed by atoms with Gasteiger partial charge in [0, 0.05) is 6.04 Å². The molecule has 1 atom stereocenters. The van der Waals surface area contributed by atoms with Crippen LogP contribution in [-0.4, -0.2) is 13.2 Å². The molecule has 0 amide bonds. The summed E-state index contributed by atoms with van der Waals surface area (Å²) >= 11 is 0. The Morgan fingerprint density at radius 3 is 2.67 bits per heavy atom. The van der Waals surface area contributed by atoms with Gasteiger partial charge in [0.2, 0.25) is 0 Å². The summed E-state index contributed by atoms with van der Waals surface area (Å²) in [4.78, 5) is 0. The summed E-state index contributed by atoms with van der Waals surface area (Å²) in [6.07, 6.45) is 0.609. The van der Waals surface area contributed by atoms with Crippen molar-refractivity contribution in [2.75, 3.05) is 6.54 Å². The molecule has 0 aliphatic carbocycles. The van der Waals surface area contributed by atoms with Crippen molar-refractivity contribution in [2.45, 2.75) is 19.1 Å². The maximum atomic E-state index is 11.9. The lowest BCUT2D eigenvalue weighted by atomic mass is 10.0. The van der Waals surface area contributed by atoms with Gasteiger partial charge in [-0.1, -0.05) is 12.1 Å². The summed E-state index contributed by atoms with van der Waals surface area (Å²) in [5.74, 6) is 0.120. The van der Waals surface area contributed by atoms with Crippen LogP contribution in [0.25, 0.3) is 0 Å². The predicted molar refractivity (Wildman–Crippen MR) is 53.7 cm³/mol. The van der Waals surface area contributed by atoms with Crippen LogP contribution < -0.4 is 16.2 Å². The Labute approximate surface area is 87.0 Å². The van der Waals surface area contributed by atoms with Gasteiger partial charge >= 0.3 is 6.61 Å². The van der Waals surface area contributed by atoms with Crippen molar-refractivity contribution in [1.29, 1.82) is 0 Å². The molecule has 0 aliphatic heterocycles. The Balaban J connectivity index is 2.73. The van der Waals surface area contributed by atoms with Gasteiger partial charge in [0.25, 0.3) is 0 Å². The number of hydrogen-bond donors (Lipinski definition) is 2. The van der Waals surface area contributed by atoms with E-state index >= 15 is 0 Å². The summed E-state index contributed by atoms with van der Waals surface area (Å²) in [5.41, 5.74) is 11.9. The summed E-state index contributed by atoms with van der Waals surface area (Å²) in [6.45, 7) is -2.35. The smallest absolute Gasteiger partial charge is 0.387 e. The molecule has 0 saturated heterocycles. The highest BCUT2D eigenvalue weighted by Gasteiger charge is 2.08. The van der Waals surface area contributed by atoms with Crippen molar-refractivity contribution in [3.8, 4) is 5.75 Å². The lowest BCUT2D eigenvalue weighted by molar-refractivity contribution is -0.0499. The molecular weight excluding hydrogens is 202 g/mol. The molecule has 0 unspecified atom stereocenters. The van der Waals surface area contributed by atoms with E-state index in [-0.39, 0.29) is 11.8 Å². The van der Waals surface area contributed by atoms with Crippen LogP contribution in [-0.2, 0) is 0 Å². The van der Waals surface area contributed by atoms with Gasteiger partial charge in [-0.15, -0.1) is 0 Å². The molecule has 15 heavy (non-hydrogen) atoms. The minimum Gasteiger partial charge on any atom is -0.435 e. The van der Waals surface area contributed by atoms with Crippen molar-refractivity contribution in [1.82, 2.24) is 0 Å². The first-order chi connectivity index (χ1) is 7.13. The first-order valence-corrected chi connectivity index (χ1v) is 4.64.